The van der Waals surface area contributed by atoms with Crippen LogP contribution in [0.15, 0.2) is 79.5 Å². The van der Waals surface area contributed by atoms with E-state index in [1.54, 1.807) is 7.11 Å². The van der Waals surface area contributed by atoms with E-state index in [0.29, 0.717) is 11.6 Å². The average molecular weight is 523 g/mol. The molecule has 0 radical (unpaired) electrons. The predicted molar refractivity (Wildman–Crippen MR) is 159 cm³/mol. The van der Waals surface area contributed by atoms with Gasteiger partial charge in [0.25, 0.3) is 0 Å². The number of carbonyl (C=O) groups is 1. The Morgan fingerprint density at radius 3 is 2.59 bits per heavy atom. The molecule has 1 aliphatic rings. The molecule has 39 heavy (non-hydrogen) atoms. The third-order valence-corrected chi connectivity index (χ3v) is 7.04. The van der Waals surface area contributed by atoms with E-state index >= 15 is 0 Å². The second-order valence-electron chi connectivity index (χ2n) is 9.66. The largest absolute Gasteiger partial charge is 0.383 e. The van der Waals surface area contributed by atoms with Crippen LogP contribution in [0, 0.1) is 6.92 Å². The molecule has 2 heterocycles. The number of nitrogens with one attached hydrogen (secondary N) is 2. The fourth-order valence-electron chi connectivity index (χ4n) is 4.90. The molecule has 5 rings (SSSR count). The Morgan fingerprint density at radius 1 is 1.05 bits per heavy atom. The summed E-state index contributed by atoms with van der Waals surface area (Å²) in [6, 6.07) is 20.3. The minimum Gasteiger partial charge on any atom is -0.383 e. The Morgan fingerprint density at radius 2 is 1.85 bits per heavy atom. The molecule has 0 atom stereocenters. The summed E-state index contributed by atoms with van der Waals surface area (Å²) in [5.41, 5.74) is 6.77. The van der Waals surface area contributed by atoms with Crippen LogP contribution in [0.4, 0.5) is 23.0 Å². The number of benzene rings is 3. The van der Waals surface area contributed by atoms with Gasteiger partial charge >= 0.3 is 0 Å². The zero-order valence-corrected chi connectivity index (χ0v) is 22.5. The molecule has 2 N–H and O–H groups in total. The monoisotopic (exact) mass is 522 g/mol. The topological polar surface area (TPSA) is 82.6 Å². The number of hydrogen-bond donors (Lipinski definition) is 2. The lowest BCUT2D eigenvalue weighted by atomic mass is 9.97. The van der Waals surface area contributed by atoms with Crippen LogP contribution >= 0.6 is 0 Å². The molecule has 8 nitrogen and oxygen atoms in total. The number of fused-ring (bicyclic) bond motifs is 1. The Labute approximate surface area is 229 Å². The number of nitrogens with zero attached hydrogens (tertiary/aromatic N) is 4. The number of methoxy groups -OCH3 is 1. The molecule has 1 amide bonds. The molecule has 3 aromatic carbocycles. The van der Waals surface area contributed by atoms with Gasteiger partial charge in [-0.2, -0.15) is 0 Å². The summed E-state index contributed by atoms with van der Waals surface area (Å²) in [4.78, 5) is 26.1. The number of piperazine rings is 1. The summed E-state index contributed by atoms with van der Waals surface area (Å²) in [5.74, 6) is 0.288. The third-order valence-electron chi connectivity index (χ3n) is 7.04. The summed E-state index contributed by atoms with van der Waals surface area (Å²) in [5, 5.41) is 7.15. The van der Waals surface area contributed by atoms with E-state index in [0.717, 1.165) is 72.6 Å². The van der Waals surface area contributed by atoms with Crippen molar-refractivity contribution >= 4 is 39.8 Å². The number of aromatic nitrogens is 2. The first-order valence-corrected chi connectivity index (χ1v) is 13.2. The molecule has 8 heteroatoms. The van der Waals surface area contributed by atoms with Crippen molar-refractivity contribution in [3.05, 3.63) is 85.1 Å². The highest BCUT2D eigenvalue weighted by Crippen LogP contribution is 2.33. The summed E-state index contributed by atoms with van der Waals surface area (Å²) in [6.45, 7) is 11.4. The van der Waals surface area contributed by atoms with Crippen LogP contribution in [-0.2, 0) is 9.53 Å². The lowest BCUT2D eigenvalue weighted by Crippen LogP contribution is -2.47. The molecule has 1 aromatic heterocycles. The van der Waals surface area contributed by atoms with E-state index in [1.165, 1.54) is 11.8 Å². The lowest BCUT2D eigenvalue weighted by Gasteiger charge is -2.36. The van der Waals surface area contributed by atoms with Gasteiger partial charge < -0.3 is 20.3 Å². The number of aryl methyl sites for hydroxylation is 1. The Hall–Kier alpha value is -4.27. The normalized spacial score (nSPS) is 13.8. The first kappa shape index (κ1) is 26.3. The number of ether oxygens (including phenoxy) is 1. The number of hydrogen-bond acceptors (Lipinski definition) is 7. The van der Waals surface area contributed by atoms with E-state index in [4.69, 9.17) is 9.72 Å². The molecule has 0 aliphatic carbocycles. The van der Waals surface area contributed by atoms with E-state index < -0.39 is 0 Å². The molecule has 1 aliphatic heterocycles. The quantitative estimate of drug-likeness (QED) is 0.291. The van der Waals surface area contributed by atoms with E-state index in [-0.39, 0.29) is 5.91 Å². The van der Waals surface area contributed by atoms with Crippen LogP contribution in [-0.4, -0.2) is 67.2 Å². The first-order valence-electron chi connectivity index (χ1n) is 13.2. The zero-order valence-electron chi connectivity index (χ0n) is 22.5. The Bertz CT molecular complexity index is 1460. The van der Waals surface area contributed by atoms with Crippen molar-refractivity contribution in [3.8, 4) is 11.1 Å². The molecule has 200 valence electrons. The van der Waals surface area contributed by atoms with Crippen molar-refractivity contribution in [2.24, 2.45) is 0 Å². The smallest absolute Gasteiger partial charge is 0.247 e. The van der Waals surface area contributed by atoms with Crippen LogP contribution in [0.3, 0.4) is 0 Å². The van der Waals surface area contributed by atoms with Gasteiger partial charge in [-0.05, 0) is 60.5 Å². The van der Waals surface area contributed by atoms with Crippen LogP contribution in [0.5, 0.6) is 0 Å². The van der Waals surface area contributed by atoms with Crippen molar-refractivity contribution in [2.75, 3.05) is 62.0 Å². The standard InChI is InChI=1S/C31H34N6O2/c1-4-28(38)33-26-7-5-6-23(20-26)29-22(2)8-9-24-21-32-31(35-30(24)29)34-25-10-12-27(13-11-25)37-16-14-36(15-17-37)18-19-39-3/h4-13,20-21H,1,14-19H2,2-3H3,(H,33,38)(H,32,34,35). The molecular formula is C31H34N6O2. The predicted octanol–water partition coefficient (Wildman–Crippen LogP) is 5.24. The van der Waals surface area contributed by atoms with Gasteiger partial charge in [-0.25, -0.2) is 9.97 Å². The van der Waals surface area contributed by atoms with E-state index in [2.05, 4.69) is 69.3 Å². The second-order valence-corrected chi connectivity index (χ2v) is 9.66. The average Bonchev–Trinajstić information content (AvgIpc) is 2.97. The van der Waals surface area contributed by atoms with Crippen LogP contribution in [0.1, 0.15) is 5.56 Å². The lowest BCUT2D eigenvalue weighted by molar-refractivity contribution is -0.111. The van der Waals surface area contributed by atoms with Crippen molar-refractivity contribution in [1.29, 1.82) is 0 Å². The van der Waals surface area contributed by atoms with Crippen LogP contribution < -0.4 is 15.5 Å². The molecule has 0 spiro atoms. The molecule has 4 aromatic rings. The van der Waals surface area contributed by atoms with Gasteiger partial charge in [0, 0.05) is 74.0 Å². The number of rotatable bonds is 9. The fraction of sp³-hybridized carbons (Fsp3) is 0.258. The van der Waals surface area contributed by atoms with Crippen molar-refractivity contribution in [3.63, 3.8) is 0 Å². The summed E-state index contributed by atoms with van der Waals surface area (Å²) < 4.78 is 5.21. The summed E-state index contributed by atoms with van der Waals surface area (Å²) >= 11 is 0. The number of amides is 1. The van der Waals surface area contributed by atoms with Crippen LogP contribution in [0.2, 0.25) is 0 Å². The molecule has 0 unspecified atom stereocenters. The summed E-state index contributed by atoms with van der Waals surface area (Å²) in [6.07, 6.45) is 3.10. The van der Waals surface area contributed by atoms with Gasteiger partial charge in [-0.15, -0.1) is 0 Å². The highest BCUT2D eigenvalue weighted by Gasteiger charge is 2.17. The molecule has 0 bridgehead atoms. The minimum atomic E-state index is -0.244. The zero-order chi connectivity index (χ0) is 27.2. The highest BCUT2D eigenvalue weighted by atomic mass is 16.5. The van der Waals surface area contributed by atoms with Gasteiger partial charge in [0.1, 0.15) is 0 Å². The second kappa shape index (κ2) is 12.1. The number of anilines is 4. The molecule has 0 saturated carbocycles. The molecule has 1 fully saturated rings. The Balaban J connectivity index is 1.34. The van der Waals surface area contributed by atoms with Crippen molar-refractivity contribution < 1.29 is 9.53 Å². The van der Waals surface area contributed by atoms with E-state index in [1.807, 2.05) is 36.5 Å². The fourth-order valence-corrected chi connectivity index (χ4v) is 4.90. The van der Waals surface area contributed by atoms with Gasteiger partial charge in [0.05, 0.1) is 12.1 Å². The molecule has 1 saturated heterocycles. The number of carbonyl (C=O) groups excluding carboxylic acids is 1. The first-order chi connectivity index (χ1) is 19.0. The third kappa shape index (κ3) is 6.25. The van der Waals surface area contributed by atoms with Gasteiger partial charge in [0.15, 0.2) is 0 Å². The van der Waals surface area contributed by atoms with Crippen molar-refractivity contribution in [2.45, 2.75) is 6.92 Å². The van der Waals surface area contributed by atoms with Gasteiger partial charge in [-0.1, -0.05) is 30.8 Å². The SMILES string of the molecule is C=CC(=O)Nc1cccc(-c2c(C)ccc3cnc(Nc4ccc(N5CCN(CCOC)CC5)cc4)nc23)c1. The maximum atomic E-state index is 11.8. The van der Waals surface area contributed by atoms with Gasteiger partial charge in [-0.3, -0.25) is 9.69 Å². The maximum absolute atomic E-state index is 11.8. The van der Waals surface area contributed by atoms with E-state index in [9.17, 15) is 4.79 Å². The molecular weight excluding hydrogens is 488 g/mol. The Kier molecular flexibility index (Phi) is 8.15. The minimum absolute atomic E-state index is 0.244. The van der Waals surface area contributed by atoms with Gasteiger partial charge in [0.2, 0.25) is 11.9 Å². The summed E-state index contributed by atoms with van der Waals surface area (Å²) in [7, 11) is 1.75. The highest BCUT2D eigenvalue weighted by molar-refractivity contribution is 6.00. The van der Waals surface area contributed by atoms with Crippen LogP contribution in [0.25, 0.3) is 22.0 Å². The van der Waals surface area contributed by atoms with Crippen molar-refractivity contribution in [1.82, 2.24) is 14.9 Å². The maximum Gasteiger partial charge on any atom is 0.247 e.